The van der Waals surface area contributed by atoms with Crippen molar-refractivity contribution in [3.05, 3.63) is 58.4 Å². The maximum atomic E-state index is 14.0. The highest BCUT2D eigenvalue weighted by Crippen LogP contribution is 2.47. The van der Waals surface area contributed by atoms with E-state index in [1.165, 1.54) is 0 Å². The number of ether oxygens (including phenoxy) is 1. The Morgan fingerprint density at radius 2 is 1.83 bits per heavy atom. The van der Waals surface area contributed by atoms with Crippen LogP contribution >= 0.6 is 11.6 Å². The molecule has 0 radical (unpaired) electrons. The fourth-order valence-electron chi connectivity index (χ4n) is 5.53. The number of hydrogen-bond donors (Lipinski definition) is 2. The summed E-state index contributed by atoms with van der Waals surface area (Å²) in [6, 6.07) is 9.46. The SMILES string of the molecule is COc1nc(N)ncc1-c1cc2c(n1C(C)C)C(c1ccc(Cl)cc1)N([C@H]1CC[C@H](O)CC1)C2=O. The van der Waals surface area contributed by atoms with Gasteiger partial charge in [-0.2, -0.15) is 4.98 Å². The lowest BCUT2D eigenvalue weighted by molar-refractivity contribution is 0.0458. The molecule has 2 aliphatic rings. The summed E-state index contributed by atoms with van der Waals surface area (Å²) < 4.78 is 7.70. The van der Waals surface area contributed by atoms with Crippen molar-refractivity contribution in [1.82, 2.24) is 19.4 Å². The molecule has 3 N–H and O–H groups in total. The van der Waals surface area contributed by atoms with Gasteiger partial charge in [-0.05, 0) is 63.3 Å². The molecule has 8 nitrogen and oxygen atoms in total. The van der Waals surface area contributed by atoms with E-state index in [9.17, 15) is 9.90 Å². The molecule has 1 aliphatic carbocycles. The molecule has 0 saturated heterocycles. The van der Waals surface area contributed by atoms with E-state index in [2.05, 4.69) is 28.4 Å². The Morgan fingerprint density at radius 3 is 2.46 bits per heavy atom. The molecule has 2 aromatic heterocycles. The zero-order valence-corrected chi connectivity index (χ0v) is 20.9. The van der Waals surface area contributed by atoms with Crippen LogP contribution in [0, 0.1) is 0 Å². The molecule has 0 bridgehead atoms. The Kier molecular flexibility index (Phi) is 6.19. The summed E-state index contributed by atoms with van der Waals surface area (Å²) in [6.45, 7) is 4.19. The van der Waals surface area contributed by atoms with E-state index in [1.54, 1.807) is 13.3 Å². The van der Waals surface area contributed by atoms with Gasteiger partial charge in [0.15, 0.2) is 0 Å². The summed E-state index contributed by atoms with van der Waals surface area (Å²) in [5, 5.41) is 10.7. The van der Waals surface area contributed by atoms with Gasteiger partial charge in [0.05, 0.1) is 41.8 Å². The third kappa shape index (κ3) is 4.04. The highest BCUT2D eigenvalue weighted by Gasteiger charge is 2.46. The summed E-state index contributed by atoms with van der Waals surface area (Å²) in [6.07, 6.45) is 4.29. The van der Waals surface area contributed by atoms with Gasteiger partial charge in [0.2, 0.25) is 11.8 Å². The second-order valence-electron chi connectivity index (χ2n) is 9.57. The van der Waals surface area contributed by atoms with Crippen molar-refractivity contribution >= 4 is 23.5 Å². The largest absolute Gasteiger partial charge is 0.480 e. The molecule has 35 heavy (non-hydrogen) atoms. The van der Waals surface area contributed by atoms with Crippen LogP contribution in [0.25, 0.3) is 11.3 Å². The summed E-state index contributed by atoms with van der Waals surface area (Å²) in [7, 11) is 1.54. The molecule has 1 fully saturated rings. The van der Waals surface area contributed by atoms with Crippen LogP contribution < -0.4 is 10.5 Å². The van der Waals surface area contributed by atoms with Crippen molar-refractivity contribution in [3.8, 4) is 17.1 Å². The van der Waals surface area contributed by atoms with Crippen LogP contribution in [0.15, 0.2) is 36.5 Å². The molecule has 5 rings (SSSR count). The molecule has 1 aliphatic heterocycles. The monoisotopic (exact) mass is 495 g/mol. The predicted molar refractivity (Wildman–Crippen MR) is 135 cm³/mol. The lowest BCUT2D eigenvalue weighted by Gasteiger charge is -2.38. The third-order valence-corrected chi connectivity index (χ3v) is 7.33. The van der Waals surface area contributed by atoms with Crippen LogP contribution in [0.1, 0.15) is 73.2 Å². The first kappa shape index (κ1) is 23.6. The highest BCUT2D eigenvalue weighted by atomic mass is 35.5. The molecule has 9 heteroatoms. The molecular formula is C26H30ClN5O3. The highest BCUT2D eigenvalue weighted by molar-refractivity contribution is 6.30. The Hall–Kier alpha value is -3.10. The van der Waals surface area contributed by atoms with Crippen LogP contribution in [-0.4, -0.2) is 49.7 Å². The minimum atomic E-state index is -0.297. The van der Waals surface area contributed by atoms with Crippen molar-refractivity contribution in [2.24, 2.45) is 0 Å². The maximum Gasteiger partial charge on any atom is 0.256 e. The summed E-state index contributed by atoms with van der Waals surface area (Å²) in [4.78, 5) is 24.4. The lowest BCUT2D eigenvalue weighted by Crippen LogP contribution is -2.42. The summed E-state index contributed by atoms with van der Waals surface area (Å²) >= 11 is 6.21. The number of nitrogen functional groups attached to an aromatic ring is 1. The Balaban J connectivity index is 1.70. The van der Waals surface area contributed by atoms with Crippen LogP contribution in [0.3, 0.4) is 0 Å². The number of nitrogens with two attached hydrogens (primary N) is 1. The van der Waals surface area contributed by atoms with E-state index in [1.807, 2.05) is 35.2 Å². The number of carbonyl (C=O) groups is 1. The number of benzene rings is 1. The van der Waals surface area contributed by atoms with Gasteiger partial charge in [-0.1, -0.05) is 23.7 Å². The molecule has 1 aromatic carbocycles. The van der Waals surface area contributed by atoms with Gasteiger partial charge in [0.1, 0.15) is 0 Å². The molecular weight excluding hydrogens is 466 g/mol. The quantitative estimate of drug-likeness (QED) is 0.535. The normalized spacial score (nSPS) is 22.1. The number of fused-ring (bicyclic) bond motifs is 1. The first-order valence-corrected chi connectivity index (χ1v) is 12.4. The van der Waals surface area contributed by atoms with Crippen LogP contribution in [0.4, 0.5) is 5.95 Å². The number of methoxy groups -OCH3 is 1. The van der Waals surface area contributed by atoms with E-state index in [4.69, 9.17) is 22.1 Å². The number of halogens is 1. The maximum absolute atomic E-state index is 14.0. The summed E-state index contributed by atoms with van der Waals surface area (Å²) in [5.74, 6) is 0.489. The minimum absolute atomic E-state index is 0.00248. The van der Waals surface area contributed by atoms with Crippen molar-refractivity contribution in [1.29, 1.82) is 0 Å². The Morgan fingerprint density at radius 1 is 1.14 bits per heavy atom. The number of carbonyl (C=O) groups excluding carboxylic acids is 1. The fraction of sp³-hybridized carbons (Fsp3) is 0.423. The average Bonchev–Trinajstić information content (AvgIpc) is 3.35. The van der Waals surface area contributed by atoms with E-state index < -0.39 is 0 Å². The van der Waals surface area contributed by atoms with Gasteiger partial charge >= 0.3 is 0 Å². The van der Waals surface area contributed by atoms with Crippen LogP contribution in [0.5, 0.6) is 5.88 Å². The molecule has 3 aromatic rings. The fourth-order valence-corrected chi connectivity index (χ4v) is 5.65. The first-order valence-electron chi connectivity index (χ1n) is 12.0. The second kappa shape index (κ2) is 9.17. The van der Waals surface area contributed by atoms with Crippen molar-refractivity contribution in [2.75, 3.05) is 12.8 Å². The molecule has 3 heterocycles. The topological polar surface area (TPSA) is 106 Å². The Bertz CT molecular complexity index is 1250. The Labute approximate surface area is 209 Å². The van der Waals surface area contributed by atoms with Crippen LogP contribution in [0.2, 0.25) is 5.02 Å². The number of amides is 1. The molecule has 1 atom stereocenters. The standard InChI is InChI=1S/C26H30ClN5O3/c1-14(2)31-21(20-13-29-26(28)30-24(20)35-3)12-19-23(31)22(15-4-6-16(27)7-5-15)32(25(19)34)17-8-10-18(33)11-9-17/h4-7,12-14,17-18,22,33H,8-11H2,1-3H3,(H2,28,29,30)/t17-,18-,22?. The second-order valence-corrected chi connectivity index (χ2v) is 10.0. The van der Waals surface area contributed by atoms with E-state index in [0.29, 0.717) is 34.9 Å². The molecule has 0 spiro atoms. The van der Waals surface area contributed by atoms with E-state index in [-0.39, 0.29) is 36.1 Å². The smallest absolute Gasteiger partial charge is 0.256 e. The van der Waals surface area contributed by atoms with Gasteiger partial charge < -0.3 is 25.0 Å². The van der Waals surface area contributed by atoms with Gasteiger partial charge in [-0.25, -0.2) is 4.98 Å². The number of nitrogens with zero attached hydrogens (tertiary/aromatic N) is 4. The molecule has 1 amide bonds. The minimum Gasteiger partial charge on any atom is -0.480 e. The number of aliphatic hydroxyl groups is 1. The number of anilines is 1. The number of hydrogen-bond acceptors (Lipinski definition) is 6. The zero-order chi connectivity index (χ0) is 24.9. The van der Waals surface area contributed by atoms with E-state index in [0.717, 1.165) is 29.8 Å². The van der Waals surface area contributed by atoms with Crippen LogP contribution in [-0.2, 0) is 0 Å². The van der Waals surface area contributed by atoms with Crippen molar-refractivity contribution < 1.29 is 14.6 Å². The summed E-state index contributed by atoms with van der Waals surface area (Å²) in [5.41, 5.74) is 9.89. The number of aliphatic hydroxyl groups excluding tert-OH is 1. The predicted octanol–water partition coefficient (Wildman–Crippen LogP) is 4.62. The number of rotatable bonds is 5. The van der Waals surface area contributed by atoms with Gasteiger partial charge in [-0.15, -0.1) is 0 Å². The molecule has 1 unspecified atom stereocenters. The lowest BCUT2D eigenvalue weighted by atomic mass is 9.90. The molecule has 184 valence electrons. The van der Waals surface area contributed by atoms with Crippen molar-refractivity contribution in [2.45, 2.75) is 63.8 Å². The third-order valence-electron chi connectivity index (χ3n) is 7.08. The first-order chi connectivity index (χ1) is 16.8. The molecule has 1 saturated carbocycles. The zero-order valence-electron chi connectivity index (χ0n) is 20.1. The average molecular weight is 496 g/mol. The van der Waals surface area contributed by atoms with E-state index >= 15 is 0 Å². The van der Waals surface area contributed by atoms with Crippen molar-refractivity contribution in [3.63, 3.8) is 0 Å². The van der Waals surface area contributed by atoms with Gasteiger partial charge in [0.25, 0.3) is 5.91 Å². The number of aromatic nitrogens is 3. The van der Waals surface area contributed by atoms with Gasteiger partial charge in [-0.3, -0.25) is 4.79 Å². The van der Waals surface area contributed by atoms with Gasteiger partial charge in [0, 0.05) is 23.3 Å².